The highest BCUT2D eigenvalue weighted by Gasteiger charge is 2.10. The molecule has 0 unspecified atom stereocenters. The predicted octanol–water partition coefficient (Wildman–Crippen LogP) is 0.652. The fourth-order valence-electron chi connectivity index (χ4n) is 0.893. The molecule has 0 atom stereocenters. The third-order valence-electron chi connectivity index (χ3n) is 1.41. The second-order valence-electron chi connectivity index (χ2n) is 2.45. The van der Waals surface area contributed by atoms with Gasteiger partial charge in [-0.3, -0.25) is 0 Å². The molecule has 0 amide bonds. The predicted molar refractivity (Wildman–Crippen MR) is 53.5 cm³/mol. The molecule has 0 bridgehead atoms. The summed E-state index contributed by atoms with van der Waals surface area (Å²) in [6, 6.07) is 6.46. The maximum atomic E-state index is 8.50. The van der Waals surface area contributed by atoms with Gasteiger partial charge in [-0.1, -0.05) is 0 Å². The van der Waals surface area contributed by atoms with Crippen LogP contribution in [0.3, 0.4) is 0 Å². The van der Waals surface area contributed by atoms with Crippen LogP contribution in [0, 0.1) is 0 Å². The Morgan fingerprint density at radius 3 is 2.21 bits per heavy atom. The van der Waals surface area contributed by atoms with Crippen molar-refractivity contribution in [3.8, 4) is 11.5 Å². The van der Waals surface area contributed by atoms with Gasteiger partial charge >= 0.3 is 7.32 Å². The largest absolute Gasteiger partial charge is 0.707 e. The molecule has 0 aliphatic rings. The van der Waals surface area contributed by atoms with Gasteiger partial charge in [0.2, 0.25) is 0 Å². The van der Waals surface area contributed by atoms with Gasteiger partial charge in [-0.15, -0.1) is 11.6 Å². The Morgan fingerprint density at radius 2 is 1.71 bits per heavy atom. The van der Waals surface area contributed by atoms with Crippen molar-refractivity contribution in [2.24, 2.45) is 0 Å². The topological polar surface area (TPSA) is 58.9 Å². The Labute approximate surface area is 87.2 Å². The van der Waals surface area contributed by atoms with Crippen LogP contribution in [0.4, 0.5) is 0 Å². The third kappa shape index (κ3) is 3.87. The summed E-state index contributed by atoms with van der Waals surface area (Å²) in [7, 11) is -1.80. The zero-order chi connectivity index (χ0) is 10.4. The Kier molecular flexibility index (Phi) is 4.59. The molecule has 6 heteroatoms. The van der Waals surface area contributed by atoms with E-state index in [0.717, 1.165) is 0 Å². The lowest BCUT2D eigenvalue weighted by Gasteiger charge is -2.06. The highest BCUT2D eigenvalue weighted by atomic mass is 35.5. The van der Waals surface area contributed by atoms with E-state index < -0.39 is 7.32 Å². The van der Waals surface area contributed by atoms with Gasteiger partial charge in [-0.25, -0.2) is 0 Å². The summed E-state index contributed by atoms with van der Waals surface area (Å²) >= 11 is 5.44. The molecular weight excluding hydrogens is 206 g/mol. The van der Waals surface area contributed by atoms with Crippen LogP contribution in [0.2, 0.25) is 0 Å². The summed E-state index contributed by atoms with van der Waals surface area (Å²) in [5.74, 6) is 1.44. The standard InChI is InChI=1S/C8H10BClO4/c10-5-6-13-7-1-3-8(4-2-7)14-9(11)12/h1-4,11-12H,5-6H2. The molecule has 0 spiro atoms. The van der Waals surface area contributed by atoms with Crippen molar-refractivity contribution in [3.05, 3.63) is 24.3 Å². The van der Waals surface area contributed by atoms with Gasteiger partial charge in [0.1, 0.15) is 18.1 Å². The van der Waals surface area contributed by atoms with Crippen molar-refractivity contribution in [1.82, 2.24) is 0 Å². The summed E-state index contributed by atoms with van der Waals surface area (Å²) in [4.78, 5) is 0. The van der Waals surface area contributed by atoms with Crippen LogP contribution in [0.1, 0.15) is 0 Å². The van der Waals surface area contributed by atoms with Gasteiger partial charge in [0.25, 0.3) is 0 Å². The van der Waals surface area contributed by atoms with Crippen molar-refractivity contribution < 1.29 is 19.4 Å². The van der Waals surface area contributed by atoms with Gasteiger partial charge in [-0.2, -0.15) is 0 Å². The van der Waals surface area contributed by atoms with E-state index >= 15 is 0 Å². The van der Waals surface area contributed by atoms with Crippen LogP contribution in [-0.2, 0) is 0 Å². The number of ether oxygens (including phenoxy) is 1. The molecule has 0 fully saturated rings. The van der Waals surface area contributed by atoms with Crippen LogP contribution in [0.15, 0.2) is 24.3 Å². The fraction of sp³-hybridized carbons (Fsp3) is 0.250. The van der Waals surface area contributed by atoms with Crippen molar-refractivity contribution >= 4 is 18.9 Å². The number of alkyl halides is 1. The van der Waals surface area contributed by atoms with E-state index in [0.29, 0.717) is 24.0 Å². The molecule has 14 heavy (non-hydrogen) atoms. The molecule has 4 nitrogen and oxygen atoms in total. The van der Waals surface area contributed by atoms with Gasteiger partial charge < -0.3 is 19.4 Å². The van der Waals surface area contributed by atoms with E-state index in [1.165, 1.54) is 0 Å². The summed E-state index contributed by atoms with van der Waals surface area (Å²) in [6.07, 6.45) is 0. The molecule has 0 radical (unpaired) electrons. The van der Waals surface area contributed by atoms with Crippen LogP contribution < -0.4 is 9.39 Å². The first-order valence-electron chi connectivity index (χ1n) is 4.04. The second-order valence-corrected chi connectivity index (χ2v) is 2.83. The number of hydrogen-bond donors (Lipinski definition) is 2. The lowest BCUT2D eigenvalue weighted by atomic mass is 10.2. The lowest BCUT2D eigenvalue weighted by molar-refractivity contribution is 0.287. The second kappa shape index (κ2) is 5.75. The Bertz CT molecular complexity index is 265. The van der Waals surface area contributed by atoms with Gasteiger partial charge in [0.05, 0.1) is 5.88 Å². The normalized spacial score (nSPS) is 9.64. The zero-order valence-corrected chi connectivity index (χ0v) is 8.15. The maximum absolute atomic E-state index is 8.50. The van der Waals surface area contributed by atoms with E-state index in [9.17, 15) is 0 Å². The lowest BCUT2D eigenvalue weighted by Crippen LogP contribution is -2.20. The summed E-state index contributed by atoms with van der Waals surface area (Å²) < 4.78 is 9.81. The van der Waals surface area contributed by atoms with E-state index in [1.54, 1.807) is 24.3 Å². The van der Waals surface area contributed by atoms with Crippen LogP contribution >= 0.6 is 11.6 Å². The monoisotopic (exact) mass is 216 g/mol. The van der Waals surface area contributed by atoms with Crippen LogP contribution in [0.25, 0.3) is 0 Å². The van der Waals surface area contributed by atoms with E-state index in [1.807, 2.05) is 0 Å². The van der Waals surface area contributed by atoms with Gasteiger partial charge in [-0.05, 0) is 24.3 Å². The number of hydrogen-bond acceptors (Lipinski definition) is 4. The van der Waals surface area contributed by atoms with Crippen molar-refractivity contribution in [3.63, 3.8) is 0 Å². The molecule has 0 aromatic heterocycles. The average molecular weight is 216 g/mol. The van der Waals surface area contributed by atoms with E-state index in [2.05, 4.69) is 4.65 Å². The maximum Gasteiger partial charge on any atom is 0.707 e. The Balaban J connectivity index is 2.50. The minimum atomic E-state index is -1.80. The highest BCUT2D eigenvalue weighted by molar-refractivity contribution is 6.33. The minimum absolute atomic E-state index is 0.359. The molecule has 1 aromatic carbocycles. The van der Waals surface area contributed by atoms with Gasteiger partial charge in [0.15, 0.2) is 0 Å². The quantitative estimate of drug-likeness (QED) is 0.560. The zero-order valence-electron chi connectivity index (χ0n) is 7.39. The summed E-state index contributed by atoms with van der Waals surface area (Å²) in [5, 5.41) is 17.0. The number of halogens is 1. The molecule has 0 heterocycles. The molecule has 0 saturated heterocycles. The van der Waals surface area contributed by atoms with Crippen molar-refractivity contribution in [2.45, 2.75) is 0 Å². The number of rotatable bonds is 5. The molecular formula is C8H10BClO4. The molecule has 0 saturated carbocycles. The molecule has 0 aliphatic heterocycles. The summed E-state index contributed by atoms with van der Waals surface area (Å²) in [6.45, 7) is 0.435. The SMILES string of the molecule is OB(O)Oc1ccc(OCCCl)cc1. The van der Waals surface area contributed by atoms with Crippen LogP contribution in [0.5, 0.6) is 11.5 Å². The van der Waals surface area contributed by atoms with Gasteiger partial charge in [0, 0.05) is 0 Å². The molecule has 2 N–H and O–H groups in total. The fourth-order valence-corrected chi connectivity index (χ4v) is 0.970. The Hall–Kier alpha value is -0.905. The third-order valence-corrected chi connectivity index (χ3v) is 1.57. The van der Waals surface area contributed by atoms with E-state index in [4.69, 9.17) is 26.4 Å². The highest BCUT2D eigenvalue weighted by Crippen LogP contribution is 2.17. The first kappa shape index (κ1) is 11.2. The summed E-state index contributed by atoms with van der Waals surface area (Å²) in [5.41, 5.74) is 0. The van der Waals surface area contributed by atoms with E-state index in [-0.39, 0.29) is 0 Å². The Morgan fingerprint density at radius 1 is 1.14 bits per heavy atom. The van der Waals surface area contributed by atoms with Crippen molar-refractivity contribution in [1.29, 1.82) is 0 Å². The molecule has 0 aliphatic carbocycles. The number of benzene rings is 1. The average Bonchev–Trinajstić information content (AvgIpc) is 2.16. The first-order valence-corrected chi connectivity index (χ1v) is 4.57. The van der Waals surface area contributed by atoms with Crippen molar-refractivity contribution in [2.75, 3.05) is 12.5 Å². The van der Waals surface area contributed by atoms with Crippen LogP contribution in [-0.4, -0.2) is 29.9 Å². The molecule has 1 aromatic rings. The first-order chi connectivity index (χ1) is 6.72. The molecule has 1 rings (SSSR count). The molecule has 76 valence electrons. The smallest absolute Gasteiger partial charge is 0.512 e. The minimum Gasteiger partial charge on any atom is -0.512 e.